The minimum atomic E-state index is 0.558. The lowest BCUT2D eigenvalue weighted by Gasteiger charge is -2.10. The molecule has 2 rings (SSSR count). The highest BCUT2D eigenvalue weighted by molar-refractivity contribution is 5.76. The maximum absolute atomic E-state index is 10.5. The molecule has 0 heterocycles. The molecule has 0 bridgehead atoms. The first-order valence-corrected chi connectivity index (χ1v) is 8.13. The Kier molecular flexibility index (Phi) is 9.22. The summed E-state index contributed by atoms with van der Waals surface area (Å²) in [6.45, 7) is 7.14. The molecule has 124 valence electrons. The summed E-state index contributed by atoms with van der Waals surface area (Å²) in [7, 11) is 0. The van der Waals surface area contributed by atoms with Crippen molar-refractivity contribution in [1.82, 2.24) is 0 Å². The molecule has 23 heavy (non-hydrogen) atoms. The van der Waals surface area contributed by atoms with Gasteiger partial charge < -0.3 is 9.47 Å². The second-order valence-corrected chi connectivity index (χ2v) is 4.93. The van der Waals surface area contributed by atoms with E-state index in [0.717, 1.165) is 6.29 Å². The van der Waals surface area contributed by atoms with Crippen LogP contribution in [0.15, 0.2) is 48.5 Å². The fraction of sp³-hybridized carbons (Fsp3) is 0.350. The molecule has 0 N–H and O–H groups in total. The van der Waals surface area contributed by atoms with Crippen molar-refractivity contribution >= 4 is 6.29 Å². The topological polar surface area (TPSA) is 35.5 Å². The molecule has 3 nitrogen and oxygen atoms in total. The van der Waals surface area contributed by atoms with E-state index in [-0.39, 0.29) is 0 Å². The highest BCUT2D eigenvalue weighted by atomic mass is 16.5. The summed E-state index contributed by atoms with van der Waals surface area (Å²) in [6.07, 6.45) is 3.24. The van der Waals surface area contributed by atoms with Crippen LogP contribution in [-0.2, 0) is 6.42 Å². The number of aryl methyl sites for hydroxylation is 1. The van der Waals surface area contributed by atoms with Crippen molar-refractivity contribution in [2.75, 3.05) is 13.2 Å². The minimum absolute atomic E-state index is 0.558. The van der Waals surface area contributed by atoms with Gasteiger partial charge in [-0.25, -0.2) is 0 Å². The summed E-state index contributed by atoms with van der Waals surface area (Å²) in [5, 5.41) is 0. The summed E-state index contributed by atoms with van der Waals surface area (Å²) < 4.78 is 10.7. The Labute approximate surface area is 139 Å². The van der Waals surface area contributed by atoms with Gasteiger partial charge in [0.25, 0.3) is 0 Å². The van der Waals surface area contributed by atoms with Gasteiger partial charge in [-0.1, -0.05) is 43.7 Å². The SMILES string of the molecule is CCCc1ccccc1.CCOc1ccc(C=O)cc1OCC. The Morgan fingerprint density at radius 3 is 2.09 bits per heavy atom. The van der Waals surface area contributed by atoms with E-state index in [9.17, 15) is 4.79 Å². The van der Waals surface area contributed by atoms with Crippen LogP contribution in [-0.4, -0.2) is 19.5 Å². The highest BCUT2D eigenvalue weighted by Crippen LogP contribution is 2.27. The Bertz CT molecular complexity index is 564. The predicted octanol–water partition coefficient (Wildman–Crippen LogP) is 4.94. The van der Waals surface area contributed by atoms with Gasteiger partial charge in [-0.2, -0.15) is 0 Å². The third-order valence-corrected chi connectivity index (χ3v) is 3.09. The summed E-state index contributed by atoms with van der Waals surface area (Å²) in [5.41, 5.74) is 2.04. The molecule has 0 atom stereocenters. The van der Waals surface area contributed by atoms with Crippen molar-refractivity contribution in [1.29, 1.82) is 0 Å². The van der Waals surface area contributed by atoms with Crippen molar-refractivity contribution in [3.63, 3.8) is 0 Å². The average Bonchev–Trinajstić information content (AvgIpc) is 2.59. The standard InChI is InChI=1S/C11H14O3.C9H12/c1-3-13-10-6-5-9(8-12)7-11(10)14-4-2;1-2-6-9-7-4-3-5-8-9/h5-8H,3-4H2,1-2H3;3-5,7-8H,2,6H2,1H3. The molecule has 0 aliphatic carbocycles. The molecule has 0 saturated carbocycles. The lowest BCUT2D eigenvalue weighted by molar-refractivity contribution is 0.112. The van der Waals surface area contributed by atoms with Gasteiger partial charge >= 0.3 is 0 Å². The Morgan fingerprint density at radius 2 is 1.52 bits per heavy atom. The number of hydrogen-bond donors (Lipinski definition) is 0. The third-order valence-electron chi connectivity index (χ3n) is 3.09. The predicted molar refractivity (Wildman–Crippen MR) is 94.6 cm³/mol. The molecular weight excluding hydrogens is 288 g/mol. The molecule has 0 aliphatic heterocycles. The van der Waals surface area contributed by atoms with E-state index in [1.165, 1.54) is 18.4 Å². The molecule has 0 unspecified atom stereocenters. The Hall–Kier alpha value is -2.29. The maximum atomic E-state index is 10.5. The van der Waals surface area contributed by atoms with E-state index in [1.54, 1.807) is 18.2 Å². The number of carbonyl (C=O) groups is 1. The monoisotopic (exact) mass is 314 g/mol. The first-order valence-electron chi connectivity index (χ1n) is 8.13. The zero-order chi connectivity index (χ0) is 16.9. The number of rotatable bonds is 7. The average molecular weight is 314 g/mol. The molecule has 2 aromatic carbocycles. The lowest BCUT2D eigenvalue weighted by atomic mass is 10.1. The molecule has 0 radical (unpaired) electrons. The normalized spacial score (nSPS) is 9.52. The van der Waals surface area contributed by atoms with Gasteiger partial charge in [0.05, 0.1) is 13.2 Å². The Balaban J connectivity index is 0.000000253. The maximum Gasteiger partial charge on any atom is 0.161 e. The van der Waals surface area contributed by atoms with Crippen LogP contribution in [0.25, 0.3) is 0 Å². The van der Waals surface area contributed by atoms with E-state index in [1.807, 2.05) is 13.8 Å². The molecule has 0 aliphatic rings. The van der Waals surface area contributed by atoms with Crippen LogP contribution in [0.5, 0.6) is 11.5 Å². The van der Waals surface area contributed by atoms with Gasteiger partial charge in [0.2, 0.25) is 0 Å². The van der Waals surface area contributed by atoms with E-state index in [4.69, 9.17) is 9.47 Å². The van der Waals surface area contributed by atoms with Crippen molar-refractivity contribution in [3.05, 3.63) is 59.7 Å². The molecular formula is C20H26O3. The number of hydrogen-bond acceptors (Lipinski definition) is 3. The quantitative estimate of drug-likeness (QED) is 0.679. The van der Waals surface area contributed by atoms with Gasteiger partial charge in [0, 0.05) is 5.56 Å². The van der Waals surface area contributed by atoms with Crippen molar-refractivity contribution in [2.45, 2.75) is 33.6 Å². The van der Waals surface area contributed by atoms with Gasteiger partial charge in [0.1, 0.15) is 6.29 Å². The summed E-state index contributed by atoms with van der Waals surface area (Å²) in [4.78, 5) is 10.5. The van der Waals surface area contributed by atoms with Crippen LogP contribution in [0.2, 0.25) is 0 Å². The minimum Gasteiger partial charge on any atom is -0.490 e. The van der Waals surface area contributed by atoms with Crippen LogP contribution in [0, 0.1) is 0 Å². The van der Waals surface area contributed by atoms with E-state index in [2.05, 4.69) is 37.3 Å². The fourth-order valence-corrected chi connectivity index (χ4v) is 2.07. The largest absolute Gasteiger partial charge is 0.490 e. The summed E-state index contributed by atoms with van der Waals surface area (Å²) >= 11 is 0. The summed E-state index contributed by atoms with van der Waals surface area (Å²) in [5.74, 6) is 1.30. The molecule has 0 aromatic heterocycles. The van der Waals surface area contributed by atoms with Crippen LogP contribution in [0.4, 0.5) is 0 Å². The van der Waals surface area contributed by atoms with Gasteiger partial charge in [-0.05, 0) is 44.0 Å². The zero-order valence-corrected chi connectivity index (χ0v) is 14.2. The van der Waals surface area contributed by atoms with Crippen LogP contribution < -0.4 is 9.47 Å². The molecule has 0 amide bonds. The third kappa shape index (κ3) is 7.00. The van der Waals surface area contributed by atoms with Gasteiger partial charge in [0.15, 0.2) is 11.5 Å². The van der Waals surface area contributed by atoms with Crippen molar-refractivity contribution in [2.24, 2.45) is 0 Å². The van der Waals surface area contributed by atoms with Crippen LogP contribution >= 0.6 is 0 Å². The van der Waals surface area contributed by atoms with E-state index < -0.39 is 0 Å². The highest BCUT2D eigenvalue weighted by Gasteiger charge is 2.04. The number of benzene rings is 2. The fourth-order valence-electron chi connectivity index (χ4n) is 2.07. The van der Waals surface area contributed by atoms with Crippen molar-refractivity contribution < 1.29 is 14.3 Å². The number of aldehydes is 1. The van der Waals surface area contributed by atoms with Gasteiger partial charge in [-0.3, -0.25) is 4.79 Å². The lowest BCUT2D eigenvalue weighted by Crippen LogP contribution is -1.98. The molecule has 0 saturated heterocycles. The van der Waals surface area contributed by atoms with Crippen molar-refractivity contribution in [3.8, 4) is 11.5 Å². The van der Waals surface area contributed by atoms with Gasteiger partial charge in [-0.15, -0.1) is 0 Å². The smallest absolute Gasteiger partial charge is 0.161 e. The zero-order valence-electron chi connectivity index (χ0n) is 14.2. The number of ether oxygens (including phenoxy) is 2. The second kappa shape index (κ2) is 11.3. The summed E-state index contributed by atoms with van der Waals surface area (Å²) in [6, 6.07) is 15.7. The van der Waals surface area contributed by atoms with Crippen LogP contribution in [0.3, 0.4) is 0 Å². The van der Waals surface area contributed by atoms with E-state index >= 15 is 0 Å². The van der Waals surface area contributed by atoms with E-state index in [0.29, 0.717) is 30.3 Å². The first-order chi connectivity index (χ1) is 11.2. The Morgan fingerprint density at radius 1 is 0.870 bits per heavy atom. The number of carbonyl (C=O) groups excluding carboxylic acids is 1. The molecule has 0 spiro atoms. The second-order valence-electron chi connectivity index (χ2n) is 4.93. The molecule has 3 heteroatoms. The van der Waals surface area contributed by atoms with Crippen LogP contribution in [0.1, 0.15) is 43.1 Å². The first kappa shape index (κ1) is 18.8. The molecule has 0 fully saturated rings. The molecule has 2 aromatic rings.